The Balaban J connectivity index is 5.11. The molecular weight excluding hydrogens is 988 g/mol. The lowest BCUT2D eigenvalue weighted by Crippen LogP contribution is -2.47. The summed E-state index contributed by atoms with van der Waals surface area (Å²) in [7, 11) is 1.47. The lowest BCUT2D eigenvalue weighted by Gasteiger charge is -2.27. The number of likely N-dealkylation sites (N-methyl/N-ethyl adjacent to an activating group) is 1. The Kier molecular flexibility index (Phi) is 54.5. The predicted octanol–water partition coefficient (Wildman–Crippen LogP) is 19.7. The van der Waals surface area contributed by atoms with Crippen LogP contribution in [0.1, 0.15) is 258 Å². The number of amides is 1. The Labute approximate surface area is 481 Å². The summed E-state index contributed by atoms with van der Waals surface area (Å²) in [6, 6.07) is -0.862. The van der Waals surface area contributed by atoms with E-state index in [1.165, 1.54) is 89.9 Å². The summed E-state index contributed by atoms with van der Waals surface area (Å²) >= 11 is 0. The zero-order valence-electron chi connectivity index (χ0n) is 51.1. The van der Waals surface area contributed by atoms with Gasteiger partial charge in [-0.25, -0.2) is 4.57 Å². The number of esters is 1. The van der Waals surface area contributed by atoms with E-state index in [9.17, 15) is 19.0 Å². The van der Waals surface area contributed by atoms with Crippen molar-refractivity contribution < 1.29 is 37.3 Å². The van der Waals surface area contributed by atoms with Crippen LogP contribution >= 0.6 is 7.82 Å². The molecule has 0 heterocycles. The van der Waals surface area contributed by atoms with Crippen molar-refractivity contribution in [1.82, 2.24) is 5.32 Å². The maximum atomic E-state index is 13.5. The molecule has 1 amide bonds. The summed E-state index contributed by atoms with van der Waals surface area (Å²) in [5, 5.41) is 3.04. The molecule has 0 aliphatic carbocycles. The number of phosphoric ester groups is 1. The maximum Gasteiger partial charge on any atom is 0.472 e. The first kappa shape index (κ1) is 74.7. The molecule has 0 saturated heterocycles. The monoisotopic (exact) mass is 1110 g/mol. The van der Waals surface area contributed by atoms with Gasteiger partial charge in [-0.2, -0.15) is 0 Å². The summed E-state index contributed by atoms with van der Waals surface area (Å²) in [6.45, 7) is 6.77. The summed E-state index contributed by atoms with van der Waals surface area (Å²) in [6.07, 6.45) is 78.1. The Morgan fingerprint density at radius 1 is 0.462 bits per heavy atom. The van der Waals surface area contributed by atoms with Gasteiger partial charge in [-0.1, -0.05) is 246 Å². The zero-order valence-corrected chi connectivity index (χ0v) is 52.0. The normalized spacial score (nSPS) is 14.4. The van der Waals surface area contributed by atoms with Crippen LogP contribution in [0.3, 0.4) is 0 Å². The molecule has 448 valence electrons. The van der Waals surface area contributed by atoms with Crippen molar-refractivity contribution in [2.45, 2.75) is 270 Å². The van der Waals surface area contributed by atoms with Crippen LogP contribution in [0.25, 0.3) is 0 Å². The number of carbonyl (C=O) groups is 2. The average Bonchev–Trinajstić information content (AvgIpc) is 3.40. The second-order valence-electron chi connectivity index (χ2n) is 22.2. The Bertz CT molecular complexity index is 1700. The SMILES string of the molecule is CC/C=C\C/C=C\C/C=C\C/C=C\C/C=C\C/C=C\CCCCCCCCCCC(=O)OC(/C=C\CCCCCCCCCCC)C(COP(=O)(O)OCC[N+](C)(C)C)NC(=O)CCCCCCCCC/C=C/C/C=C/CC. The molecule has 0 aliphatic rings. The Morgan fingerprint density at radius 3 is 1.23 bits per heavy atom. The van der Waals surface area contributed by atoms with Gasteiger partial charge in [0.2, 0.25) is 5.91 Å². The van der Waals surface area contributed by atoms with Gasteiger partial charge >= 0.3 is 13.8 Å². The van der Waals surface area contributed by atoms with Gasteiger partial charge in [-0.3, -0.25) is 18.6 Å². The summed E-state index contributed by atoms with van der Waals surface area (Å²) in [5.74, 6) is -0.530. The average molecular weight is 1110 g/mol. The third kappa shape index (κ3) is 57.4. The summed E-state index contributed by atoms with van der Waals surface area (Å²) in [5.41, 5.74) is 0. The Morgan fingerprint density at radius 2 is 0.821 bits per heavy atom. The van der Waals surface area contributed by atoms with Crippen LogP contribution in [0.15, 0.2) is 109 Å². The van der Waals surface area contributed by atoms with Crippen LogP contribution < -0.4 is 5.32 Å². The molecular formula is C68H120N2O7P+. The highest BCUT2D eigenvalue weighted by molar-refractivity contribution is 7.47. The number of hydrogen-bond acceptors (Lipinski definition) is 6. The molecule has 2 N–H and O–H groups in total. The molecule has 0 fully saturated rings. The first-order valence-electron chi connectivity index (χ1n) is 31.7. The van der Waals surface area contributed by atoms with E-state index in [1.54, 1.807) is 0 Å². The fourth-order valence-corrected chi connectivity index (χ4v) is 9.36. The van der Waals surface area contributed by atoms with Gasteiger partial charge in [0.25, 0.3) is 0 Å². The van der Waals surface area contributed by atoms with Crippen molar-refractivity contribution in [3.05, 3.63) is 109 Å². The minimum absolute atomic E-state index is 0.0322. The Hall–Kier alpha value is -3.33. The molecule has 0 saturated carbocycles. The molecule has 0 aromatic heterocycles. The van der Waals surface area contributed by atoms with Crippen molar-refractivity contribution in [3.63, 3.8) is 0 Å². The highest BCUT2D eigenvalue weighted by atomic mass is 31.2. The van der Waals surface area contributed by atoms with Gasteiger partial charge in [-0.05, 0) is 109 Å². The van der Waals surface area contributed by atoms with Crippen molar-refractivity contribution in [1.29, 1.82) is 0 Å². The predicted molar refractivity (Wildman–Crippen MR) is 337 cm³/mol. The molecule has 3 atom stereocenters. The summed E-state index contributed by atoms with van der Waals surface area (Å²) in [4.78, 5) is 37.7. The van der Waals surface area contributed by atoms with Crippen LogP contribution in [0.5, 0.6) is 0 Å². The quantitative estimate of drug-likeness (QED) is 0.0205. The van der Waals surface area contributed by atoms with Crippen LogP contribution in [0, 0.1) is 0 Å². The number of ether oxygens (including phenoxy) is 1. The number of phosphoric acid groups is 1. The molecule has 0 aromatic carbocycles. The fourth-order valence-electron chi connectivity index (χ4n) is 8.63. The van der Waals surface area contributed by atoms with Gasteiger partial charge in [0.1, 0.15) is 19.3 Å². The van der Waals surface area contributed by atoms with Crippen molar-refractivity contribution in [3.8, 4) is 0 Å². The van der Waals surface area contributed by atoms with E-state index >= 15 is 0 Å². The number of hydrogen-bond donors (Lipinski definition) is 2. The van der Waals surface area contributed by atoms with Gasteiger partial charge in [0.15, 0.2) is 0 Å². The van der Waals surface area contributed by atoms with E-state index in [0.29, 0.717) is 17.4 Å². The first-order chi connectivity index (χ1) is 37.9. The fraction of sp³-hybridized carbons (Fsp3) is 0.706. The van der Waals surface area contributed by atoms with Crippen molar-refractivity contribution >= 4 is 19.7 Å². The van der Waals surface area contributed by atoms with E-state index in [0.717, 1.165) is 135 Å². The second kappa shape index (κ2) is 56.9. The van der Waals surface area contributed by atoms with E-state index in [1.807, 2.05) is 33.3 Å². The van der Waals surface area contributed by atoms with Crippen LogP contribution in [0.2, 0.25) is 0 Å². The van der Waals surface area contributed by atoms with E-state index in [4.69, 9.17) is 13.8 Å². The number of nitrogens with zero attached hydrogens (tertiary/aromatic N) is 1. The molecule has 78 heavy (non-hydrogen) atoms. The third-order valence-corrected chi connectivity index (χ3v) is 14.4. The zero-order chi connectivity index (χ0) is 57.2. The molecule has 0 aliphatic heterocycles. The number of quaternary nitrogens is 1. The molecule has 0 rings (SSSR count). The van der Waals surface area contributed by atoms with E-state index in [-0.39, 0.29) is 31.5 Å². The van der Waals surface area contributed by atoms with E-state index in [2.05, 4.69) is 123 Å². The van der Waals surface area contributed by atoms with Gasteiger partial charge in [-0.15, -0.1) is 0 Å². The first-order valence-corrected chi connectivity index (χ1v) is 33.2. The van der Waals surface area contributed by atoms with Crippen LogP contribution in [-0.2, 0) is 27.9 Å². The third-order valence-electron chi connectivity index (χ3n) is 13.5. The number of allylic oxidation sites excluding steroid dienone is 17. The molecule has 0 spiro atoms. The lowest BCUT2D eigenvalue weighted by molar-refractivity contribution is -0.870. The van der Waals surface area contributed by atoms with Gasteiger partial charge in [0.05, 0.1) is 33.8 Å². The van der Waals surface area contributed by atoms with Gasteiger partial charge in [0, 0.05) is 12.8 Å². The second-order valence-corrected chi connectivity index (χ2v) is 23.6. The highest BCUT2D eigenvalue weighted by Crippen LogP contribution is 2.43. The number of nitrogens with one attached hydrogen (secondary N) is 1. The van der Waals surface area contributed by atoms with Crippen molar-refractivity contribution in [2.24, 2.45) is 0 Å². The number of unbranched alkanes of at least 4 members (excludes halogenated alkanes) is 24. The standard InChI is InChI=1S/C68H119N2O7P/c1-7-10-13-16-19-22-25-27-29-30-31-32-33-34-35-36-37-38-39-40-41-43-46-49-52-55-58-61-68(72)77-66(59-56-53-50-47-44-24-21-18-15-12-9-3)65(64-76-78(73,74)75-63-62-70(4,5)6)69-67(71)60-57-54-51-48-45-42-28-26-23-20-17-14-11-8-2/h10-11,13-14,19-20,22-23,27,29,31-32,34-35,37-38,56,59,65-66H,7-9,12,15-18,21,24-26,28,30,33,36,39-55,57-58,60-64H2,1-6H3,(H-,69,71,73,74)/p+1/b13-10-,14-11+,22-19-,23-20+,29-27-,32-31-,35-34-,38-37-,59-56-. The molecule has 0 radical (unpaired) electrons. The largest absolute Gasteiger partial charge is 0.472 e. The van der Waals surface area contributed by atoms with E-state index < -0.39 is 20.0 Å². The van der Waals surface area contributed by atoms with Crippen molar-refractivity contribution in [2.75, 3.05) is 40.9 Å². The minimum atomic E-state index is -4.46. The van der Waals surface area contributed by atoms with Gasteiger partial charge < -0.3 is 19.4 Å². The maximum absolute atomic E-state index is 13.5. The molecule has 9 nitrogen and oxygen atoms in total. The lowest BCUT2D eigenvalue weighted by atomic mass is 10.1. The molecule has 3 unspecified atom stereocenters. The molecule has 0 aromatic rings. The molecule has 10 heteroatoms. The van der Waals surface area contributed by atoms with Crippen LogP contribution in [-0.4, -0.2) is 74.3 Å². The highest BCUT2D eigenvalue weighted by Gasteiger charge is 2.30. The minimum Gasteiger partial charge on any atom is -0.456 e. The number of carbonyl (C=O) groups excluding carboxylic acids is 2. The topological polar surface area (TPSA) is 111 Å². The number of rotatable bonds is 56. The van der Waals surface area contributed by atoms with Crippen LogP contribution in [0.4, 0.5) is 0 Å². The molecule has 0 bridgehead atoms. The summed E-state index contributed by atoms with van der Waals surface area (Å²) < 4.78 is 30.7. The smallest absolute Gasteiger partial charge is 0.456 e.